The molecule has 0 amide bonds. The van der Waals surface area contributed by atoms with E-state index in [1.807, 2.05) is 18.2 Å². The number of halogens is 1. The van der Waals surface area contributed by atoms with E-state index in [9.17, 15) is 0 Å². The van der Waals surface area contributed by atoms with Gasteiger partial charge in [-0.1, -0.05) is 29.8 Å². The SMILES string of the molecule is C[C@@H](NCc1cccc(Cl)c1)c1cccs1. The molecule has 1 atom stereocenters. The molecule has 1 nitrogen and oxygen atoms in total. The summed E-state index contributed by atoms with van der Waals surface area (Å²) >= 11 is 7.71. The number of benzene rings is 1. The highest BCUT2D eigenvalue weighted by Gasteiger charge is 2.05. The predicted molar refractivity (Wildman–Crippen MR) is 71.0 cm³/mol. The third-order valence-corrected chi connectivity index (χ3v) is 3.76. The Kier molecular flexibility index (Phi) is 3.99. The zero-order chi connectivity index (χ0) is 11.4. The van der Waals surface area contributed by atoms with E-state index in [1.54, 1.807) is 11.3 Å². The van der Waals surface area contributed by atoms with Gasteiger partial charge < -0.3 is 5.32 Å². The second-order valence-corrected chi connectivity index (χ2v) is 5.16. The minimum atomic E-state index is 0.388. The van der Waals surface area contributed by atoms with Gasteiger partial charge in [-0.25, -0.2) is 0 Å². The predicted octanol–water partition coefficient (Wildman–Crippen LogP) is 4.25. The summed E-state index contributed by atoms with van der Waals surface area (Å²) < 4.78 is 0. The lowest BCUT2D eigenvalue weighted by Crippen LogP contribution is -2.16. The van der Waals surface area contributed by atoms with Crippen molar-refractivity contribution in [2.24, 2.45) is 0 Å². The zero-order valence-electron chi connectivity index (χ0n) is 9.11. The topological polar surface area (TPSA) is 12.0 Å². The summed E-state index contributed by atoms with van der Waals surface area (Å²) in [6.45, 7) is 3.02. The van der Waals surface area contributed by atoms with E-state index in [0.29, 0.717) is 6.04 Å². The van der Waals surface area contributed by atoms with Gasteiger partial charge in [0.05, 0.1) is 0 Å². The summed E-state index contributed by atoms with van der Waals surface area (Å²) in [6.07, 6.45) is 0. The van der Waals surface area contributed by atoms with Gasteiger partial charge in [0, 0.05) is 22.5 Å². The molecule has 0 aliphatic rings. The van der Waals surface area contributed by atoms with Crippen LogP contribution in [-0.2, 0) is 6.54 Å². The highest BCUT2D eigenvalue weighted by molar-refractivity contribution is 7.10. The van der Waals surface area contributed by atoms with Gasteiger partial charge in [-0.2, -0.15) is 0 Å². The summed E-state index contributed by atoms with van der Waals surface area (Å²) in [7, 11) is 0. The first-order chi connectivity index (χ1) is 7.75. The molecule has 16 heavy (non-hydrogen) atoms. The van der Waals surface area contributed by atoms with Crippen molar-refractivity contribution >= 4 is 22.9 Å². The zero-order valence-corrected chi connectivity index (χ0v) is 10.7. The van der Waals surface area contributed by atoms with Crippen LogP contribution >= 0.6 is 22.9 Å². The van der Waals surface area contributed by atoms with Crippen molar-refractivity contribution in [1.82, 2.24) is 5.32 Å². The molecule has 3 heteroatoms. The molecule has 2 rings (SSSR count). The highest BCUT2D eigenvalue weighted by Crippen LogP contribution is 2.19. The van der Waals surface area contributed by atoms with Crippen LogP contribution in [0, 0.1) is 0 Å². The van der Waals surface area contributed by atoms with Gasteiger partial charge in [-0.3, -0.25) is 0 Å². The molecule has 1 aromatic heterocycles. The molecule has 0 aliphatic carbocycles. The van der Waals surface area contributed by atoms with Crippen LogP contribution < -0.4 is 5.32 Å². The molecule has 0 spiro atoms. The maximum absolute atomic E-state index is 5.93. The van der Waals surface area contributed by atoms with Gasteiger partial charge in [-0.05, 0) is 36.1 Å². The van der Waals surface area contributed by atoms with E-state index in [4.69, 9.17) is 11.6 Å². The molecule has 0 aliphatic heterocycles. The molecule has 0 saturated carbocycles. The van der Waals surface area contributed by atoms with Crippen molar-refractivity contribution in [3.05, 3.63) is 57.2 Å². The number of thiophene rings is 1. The first kappa shape index (κ1) is 11.6. The Morgan fingerprint density at radius 1 is 1.31 bits per heavy atom. The van der Waals surface area contributed by atoms with Gasteiger partial charge in [0.25, 0.3) is 0 Å². The van der Waals surface area contributed by atoms with Crippen molar-refractivity contribution in [2.45, 2.75) is 19.5 Å². The molecular weight excluding hydrogens is 238 g/mol. The van der Waals surface area contributed by atoms with E-state index in [2.05, 4.69) is 35.8 Å². The summed E-state index contributed by atoms with van der Waals surface area (Å²) in [5.74, 6) is 0. The molecule has 1 heterocycles. The van der Waals surface area contributed by atoms with E-state index >= 15 is 0 Å². The number of hydrogen-bond donors (Lipinski definition) is 1. The third kappa shape index (κ3) is 3.08. The largest absolute Gasteiger partial charge is 0.305 e. The average molecular weight is 252 g/mol. The number of nitrogens with one attached hydrogen (secondary N) is 1. The minimum Gasteiger partial charge on any atom is -0.305 e. The molecule has 0 unspecified atom stereocenters. The van der Waals surface area contributed by atoms with E-state index in [1.165, 1.54) is 10.4 Å². The van der Waals surface area contributed by atoms with E-state index < -0.39 is 0 Å². The van der Waals surface area contributed by atoms with Gasteiger partial charge in [0.1, 0.15) is 0 Å². The van der Waals surface area contributed by atoms with Crippen LogP contribution in [0.3, 0.4) is 0 Å². The molecule has 0 fully saturated rings. The van der Waals surface area contributed by atoms with Crippen molar-refractivity contribution < 1.29 is 0 Å². The van der Waals surface area contributed by atoms with Gasteiger partial charge in [-0.15, -0.1) is 11.3 Å². The van der Waals surface area contributed by atoms with Gasteiger partial charge in [0.2, 0.25) is 0 Å². The maximum Gasteiger partial charge on any atom is 0.0409 e. The Morgan fingerprint density at radius 3 is 2.88 bits per heavy atom. The van der Waals surface area contributed by atoms with Crippen LogP contribution in [0.1, 0.15) is 23.4 Å². The Balaban J connectivity index is 1.92. The van der Waals surface area contributed by atoms with Crippen molar-refractivity contribution in [2.75, 3.05) is 0 Å². The molecule has 0 bridgehead atoms. The van der Waals surface area contributed by atoms with Crippen LogP contribution in [0.4, 0.5) is 0 Å². The minimum absolute atomic E-state index is 0.388. The summed E-state index contributed by atoms with van der Waals surface area (Å²) in [4.78, 5) is 1.36. The van der Waals surface area contributed by atoms with E-state index in [0.717, 1.165) is 11.6 Å². The first-order valence-corrected chi connectivity index (χ1v) is 6.52. The molecule has 1 N–H and O–H groups in total. The van der Waals surface area contributed by atoms with Crippen molar-refractivity contribution in [1.29, 1.82) is 0 Å². The van der Waals surface area contributed by atoms with Gasteiger partial charge in [0.15, 0.2) is 0 Å². The lowest BCUT2D eigenvalue weighted by Gasteiger charge is -2.12. The van der Waals surface area contributed by atoms with Crippen LogP contribution in [0.2, 0.25) is 5.02 Å². The third-order valence-electron chi connectivity index (χ3n) is 2.47. The summed E-state index contributed by atoms with van der Waals surface area (Å²) in [5.41, 5.74) is 1.22. The molecule has 0 radical (unpaired) electrons. The first-order valence-electron chi connectivity index (χ1n) is 5.27. The summed E-state index contributed by atoms with van der Waals surface area (Å²) in [6, 6.07) is 12.6. The highest BCUT2D eigenvalue weighted by atomic mass is 35.5. The Bertz CT molecular complexity index is 439. The molecule has 1 aromatic carbocycles. The van der Waals surface area contributed by atoms with E-state index in [-0.39, 0.29) is 0 Å². The smallest absolute Gasteiger partial charge is 0.0409 e. The number of rotatable bonds is 4. The lowest BCUT2D eigenvalue weighted by atomic mass is 10.2. The molecule has 84 valence electrons. The Morgan fingerprint density at radius 2 is 2.19 bits per heavy atom. The molecule has 0 saturated heterocycles. The fourth-order valence-corrected chi connectivity index (χ4v) is 2.53. The fourth-order valence-electron chi connectivity index (χ4n) is 1.56. The standard InChI is InChI=1S/C13H14ClNS/c1-10(13-6-3-7-16-13)15-9-11-4-2-5-12(14)8-11/h2-8,10,15H,9H2,1H3/t10-/m1/s1. The second kappa shape index (κ2) is 5.48. The van der Waals surface area contributed by atoms with Crippen molar-refractivity contribution in [3.63, 3.8) is 0 Å². The average Bonchev–Trinajstić information content (AvgIpc) is 2.79. The van der Waals surface area contributed by atoms with Crippen molar-refractivity contribution in [3.8, 4) is 0 Å². The monoisotopic (exact) mass is 251 g/mol. The second-order valence-electron chi connectivity index (χ2n) is 3.75. The van der Waals surface area contributed by atoms with Crippen LogP contribution in [0.15, 0.2) is 41.8 Å². The van der Waals surface area contributed by atoms with Crippen LogP contribution in [-0.4, -0.2) is 0 Å². The van der Waals surface area contributed by atoms with Crippen LogP contribution in [0.5, 0.6) is 0 Å². The quantitative estimate of drug-likeness (QED) is 0.857. The Labute approximate surface area is 105 Å². The molecular formula is C13H14ClNS. The normalized spacial score (nSPS) is 12.6. The lowest BCUT2D eigenvalue weighted by molar-refractivity contribution is 0.583. The summed E-state index contributed by atoms with van der Waals surface area (Å²) in [5, 5.41) is 6.38. The molecule has 2 aromatic rings. The Hall–Kier alpha value is -0.830. The van der Waals surface area contributed by atoms with Crippen LogP contribution in [0.25, 0.3) is 0 Å². The maximum atomic E-state index is 5.93. The number of hydrogen-bond acceptors (Lipinski definition) is 2. The fraction of sp³-hybridized carbons (Fsp3) is 0.231. The van der Waals surface area contributed by atoms with Gasteiger partial charge >= 0.3 is 0 Å².